The van der Waals surface area contributed by atoms with Crippen molar-refractivity contribution < 1.29 is 31.9 Å². The maximum Gasteiger partial charge on any atom is 0.413 e. The van der Waals surface area contributed by atoms with Crippen LogP contribution in [-0.4, -0.2) is 21.7 Å². The zero-order chi connectivity index (χ0) is 20.3. The lowest BCUT2D eigenvalue weighted by Crippen LogP contribution is -2.15. The van der Waals surface area contributed by atoms with E-state index in [4.69, 9.17) is 9.15 Å². The van der Waals surface area contributed by atoms with Crippen LogP contribution in [0, 0.1) is 17.5 Å². The van der Waals surface area contributed by atoms with Gasteiger partial charge in [0.25, 0.3) is 0 Å². The minimum atomic E-state index is -1.63. The summed E-state index contributed by atoms with van der Waals surface area (Å²) in [7, 11) is 0. The van der Waals surface area contributed by atoms with Crippen molar-refractivity contribution in [3.63, 3.8) is 0 Å². The molecule has 7 nitrogen and oxygen atoms in total. The van der Waals surface area contributed by atoms with Crippen LogP contribution in [0.5, 0.6) is 0 Å². The van der Waals surface area contributed by atoms with Crippen molar-refractivity contribution >= 4 is 17.7 Å². The van der Waals surface area contributed by atoms with Crippen LogP contribution in [0.3, 0.4) is 0 Å². The highest BCUT2D eigenvalue weighted by atomic mass is 19.2. The lowest BCUT2D eigenvalue weighted by molar-refractivity contribution is 0.0985. The number of hydrogen-bond donors (Lipinski definition) is 1. The molecule has 28 heavy (non-hydrogen) atoms. The van der Waals surface area contributed by atoms with E-state index in [1.54, 1.807) is 18.3 Å². The summed E-state index contributed by atoms with van der Waals surface area (Å²) in [5.74, 6) is -3.71. The molecule has 0 aliphatic carbocycles. The first-order chi connectivity index (χ1) is 13.3. The topological polar surface area (TPSA) is 86.4 Å². The van der Waals surface area contributed by atoms with Gasteiger partial charge in [0.2, 0.25) is 0 Å². The third kappa shape index (κ3) is 4.40. The van der Waals surface area contributed by atoms with Crippen LogP contribution in [0.2, 0.25) is 0 Å². The minimum absolute atomic E-state index is 0.147. The molecule has 0 saturated carbocycles. The fourth-order valence-corrected chi connectivity index (χ4v) is 2.29. The number of halogens is 3. The summed E-state index contributed by atoms with van der Waals surface area (Å²) >= 11 is 0. The fourth-order valence-electron chi connectivity index (χ4n) is 2.29. The first kappa shape index (κ1) is 19.2. The van der Waals surface area contributed by atoms with Gasteiger partial charge in [-0.25, -0.2) is 18.0 Å². The SMILES string of the molecule is CC(=O)c1ccc(Cn2ccc(NC(=O)OCc3ccc(F)c(F)c3F)n2)o1. The molecule has 3 rings (SSSR count). The van der Waals surface area contributed by atoms with Crippen LogP contribution in [0.4, 0.5) is 23.8 Å². The first-order valence-electron chi connectivity index (χ1n) is 8.02. The number of anilines is 1. The largest absolute Gasteiger partial charge is 0.456 e. The minimum Gasteiger partial charge on any atom is -0.456 e. The van der Waals surface area contributed by atoms with Crippen LogP contribution in [0.1, 0.15) is 28.8 Å². The Labute approximate surface area is 156 Å². The van der Waals surface area contributed by atoms with Crippen LogP contribution in [0.15, 0.2) is 40.9 Å². The highest BCUT2D eigenvalue weighted by Crippen LogP contribution is 2.16. The van der Waals surface area contributed by atoms with E-state index in [1.165, 1.54) is 17.7 Å². The second kappa shape index (κ2) is 7.99. The van der Waals surface area contributed by atoms with Gasteiger partial charge in [-0.15, -0.1) is 0 Å². The van der Waals surface area contributed by atoms with Crippen molar-refractivity contribution in [3.05, 3.63) is 71.1 Å². The highest BCUT2D eigenvalue weighted by molar-refractivity contribution is 5.91. The van der Waals surface area contributed by atoms with Crippen LogP contribution in [-0.2, 0) is 17.9 Å². The molecule has 146 valence electrons. The van der Waals surface area contributed by atoms with Gasteiger partial charge in [0.1, 0.15) is 12.4 Å². The molecule has 0 radical (unpaired) electrons. The molecular formula is C18H14F3N3O4. The van der Waals surface area contributed by atoms with Gasteiger partial charge >= 0.3 is 6.09 Å². The van der Waals surface area contributed by atoms with Gasteiger partial charge in [-0.3, -0.25) is 14.8 Å². The van der Waals surface area contributed by atoms with Crippen molar-refractivity contribution in [2.75, 3.05) is 5.32 Å². The van der Waals surface area contributed by atoms with E-state index in [1.807, 2.05) is 0 Å². The fraction of sp³-hybridized carbons (Fsp3) is 0.167. The van der Waals surface area contributed by atoms with E-state index in [-0.39, 0.29) is 29.5 Å². The van der Waals surface area contributed by atoms with Gasteiger partial charge in [-0.1, -0.05) is 0 Å². The average molecular weight is 393 g/mol. The van der Waals surface area contributed by atoms with Crippen molar-refractivity contribution in [2.24, 2.45) is 0 Å². The van der Waals surface area contributed by atoms with Crippen LogP contribution in [0.25, 0.3) is 0 Å². The normalized spacial score (nSPS) is 10.7. The molecule has 1 aromatic carbocycles. The standard InChI is InChI=1S/C18H14F3N3O4/c1-10(25)14-5-3-12(28-14)8-24-7-6-15(23-24)22-18(26)27-9-11-2-4-13(19)17(21)16(11)20/h2-7H,8-9H2,1H3,(H,22,23,26). The van der Waals surface area contributed by atoms with E-state index in [9.17, 15) is 22.8 Å². The number of hydrogen-bond acceptors (Lipinski definition) is 5. The number of furan rings is 1. The number of carbonyl (C=O) groups is 2. The Morgan fingerprint density at radius 1 is 1.14 bits per heavy atom. The van der Waals surface area contributed by atoms with E-state index >= 15 is 0 Å². The quantitative estimate of drug-likeness (QED) is 0.507. The molecule has 1 amide bonds. The van der Waals surface area contributed by atoms with Gasteiger partial charge in [0, 0.05) is 24.8 Å². The summed E-state index contributed by atoms with van der Waals surface area (Å²) in [5.41, 5.74) is -0.307. The Morgan fingerprint density at radius 2 is 1.93 bits per heavy atom. The smallest absolute Gasteiger partial charge is 0.413 e. The Balaban J connectivity index is 1.55. The third-order valence-electron chi connectivity index (χ3n) is 3.67. The predicted octanol–water partition coefficient (Wildman–Crippen LogP) is 3.89. The summed E-state index contributed by atoms with van der Waals surface area (Å²) in [5, 5.41) is 6.39. The summed E-state index contributed by atoms with van der Waals surface area (Å²) in [6.45, 7) is 1.02. The van der Waals surface area contributed by atoms with Crippen molar-refractivity contribution in [3.8, 4) is 0 Å². The Morgan fingerprint density at radius 3 is 2.64 bits per heavy atom. The summed E-state index contributed by atoms with van der Waals surface area (Å²) in [4.78, 5) is 23.0. The third-order valence-corrected chi connectivity index (χ3v) is 3.67. The predicted molar refractivity (Wildman–Crippen MR) is 90.2 cm³/mol. The number of ketones is 1. The first-order valence-corrected chi connectivity index (χ1v) is 8.02. The Hall–Kier alpha value is -3.56. The second-order valence-electron chi connectivity index (χ2n) is 5.76. The lowest BCUT2D eigenvalue weighted by atomic mass is 10.2. The zero-order valence-corrected chi connectivity index (χ0v) is 14.5. The van der Waals surface area contributed by atoms with E-state index in [0.29, 0.717) is 5.76 Å². The molecule has 3 aromatic rings. The molecule has 0 fully saturated rings. The van der Waals surface area contributed by atoms with Gasteiger partial charge in [0.15, 0.2) is 34.8 Å². The van der Waals surface area contributed by atoms with Crippen molar-refractivity contribution in [1.29, 1.82) is 0 Å². The Kier molecular flexibility index (Phi) is 5.48. The monoisotopic (exact) mass is 393 g/mol. The number of ether oxygens (including phenoxy) is 1. The van der Waals surface area contributed by atoms with E-state index in [0.717, 1.165) is 12.1 Å². The van der Waals surface area contributed by atoms with Gasteiger partial charge in [0.05, 0.1) is 6.54 Å². The van der Waals surface area contributed by atoms with Crippen LogP contribution < -0.4 is 5.32 Å². The number of amides is 1. The number of nitrogens with zero attached hydrogens (tertiary/aromatic N) is 2. The molecule has 0 spiro atoms. The lowest BCUT2D eigenvalue weighted by Gasteiger charge is -2.07. The molecular weight excluding hydrogens is 379 g/mol. The van der Waals surface area contributed by atoms with Crippen molar-refractivity contribution in [2.45, 2.75) is 20.1 Å². The van der Waals surface area contributed by atoms with Gasteiger partial charge < -0.3 is 9.15 Å². The molecule has 0 aliphatic rings. The molecule has 0 atom stereocenters. The second-order valence-corrected chi connectivity index (χ2v) is 5.76. The number of carbonyl (C=O) groups excluding carboxylic acids is 2. The number of nitrogens with one attached hydrogen (secondary N) is 1. The molecule has 1 N–H and O–H groups in total. The number of benzene rings is 1. The molecule has 2 heterocycles. The summed E-state index contributed by atoms with van der Waals surface area (Å²) in [6, 6.07) is 6.39. The maximum absolute atomic E-state index is 13.5. The molecule has 10 heteroatoms. The molecule has 0 saturated heterocycles. The molecule has 0 unspecified atom stereocenters. The summed E-state index contributed by atoms with van der Waals surface area (Å²) < 4.78 is 51.1. The maximum atomic E-state index is 13.5. The van der Waals surface area contributed by atoms with Crippen molar-refractivity contribution in [1.82, 2.24) is 9.78 Å². The Bertz CT molecular complexity index is 1030. The summed E-state index contributed by atoms with van der Waals surface area (Å²) in [6.07, 6.45) is 0.604. The van der Waals surface area contributed by atoms with Gasteiger partial charge in [-0.05, 0) is 24.3 Å². The van der Waals surface area contributed by atoms with Gasteiger partial charge in [-0.2, -0.15) is 5.10 Å². The van der Waals surface area contributed by atoms with E-state index < -0.39 is 30.2 Å². The molecule has 2 aromatic heterocycles. The number of aromatic nitrogens is 2. The molecule has 0 aliphatic heterocycles. The highest BCUT2D eigenvalue weighted by Gasteiger charge is 2.15. The zero-order valence-electron chi connectivity index (χ0n) is 14.5. The average Bonchev–Trinajstić information content (AvgIpc) is 3.29. The molecule has 0 bridgehead atoms. The van der Waals surface area contributed by atoms with Crippen LogP contribution >= 0.6 is 0 Å². The number of rotatable bonds is 6. The van der Waals surface area contributed by atoms with E-state index in [2.05, 4.69) is 10.4 Å². The number of Topliss-reactive ketones (excluding diaryl/α,β-unsaturated/α-hetero) is 1.